The molecule has 0 saturated carbocycles. The Kier molecular flexibility index (Phi) is 6.22. The van der Waals surface area contributed by atoms with Crippen LogP contribution in [0.5, 0.6) is 0 Å². The summed E-state index contributed by atoms with van der Waals surface area (Å²) in [5, 5.41) is 3.28. The van der Waals surface area contributed by atoms with E-state index in [1.165, 1.54) is 0 Å². The Balaban J connectivity index is 1.82. The molecule has 0 radical (unpaired) electrons. The molecule has 0 aliphatic carbocycles. The summed E-state index contributed by atoms with van der Waals surface area (Å²) < 4.78 is 31.7. The fourth-order valence-corrected chi connectivity index (χ4v) is 4.55. The second-order valence-electron chi connectivity index (χ2n) is 5.73. The predicted octanol–water partition coefficient (Wildman–Crippen LogP) is -0.420. The lowest BCUT2D eigenvalue weighted by Crippen LogP contribution is -2.47. The molecule has 20 heavy (non-hydrogen) atoms. The fourth-order valence-electron chi connectivity index (χ4n) is 2.96. The van der Waals surface area contributed by atoms with E-state index in [0.717, 1.165) is 39.0 Å². The SMILES string of the molecule is COCC1CCCN(S(=O)(=O)CCN2CCNCC2)C1. The molecule has 6 nitrogen and oxygen atoms in total. The maximum absolute atomic E-state index is 12.4. The van der Waals surface area contributed by atoms with Crippen LogP contribution in [0.2, 0.25) is 0 Å². The van der Waals surface area contributed by atoms with Crippen LogP contribution in [0.1, 0.15) is 12.8 Å². The zero-order valence-electron chi connectivity index (χ0n) is 12.4. The summed E-state index contributed by atoms with van der Waals surface area (Å²) >= 11 is 0. The summed E-state index contributed by atoms with van der Waals surface area (Å²) in [7, 11) is -1.44. The Morgan fingerprint density at radius 2 is 2.00 bits per heavy atom. The minimum Gasteiger partial charge on any atom is -0.384 e. The first-order valence-corrected chi connectivity index (χ1v) is 9.12. The standard InChI is InChI=1S/C13H27N3O3S/c1-19-12-13-3-2-6-16(11-13)20(17,18)10-9-15-7-4-14-5-8-15/h13-14H,2-12H2,1H3. The first kappa shape index (κ1) is 16.2. The normalized spacial score (nSPS) is 26.8. The number of nitrogens with zero attached hydrogens (tertiary/aromatic N) is 2. The molecule has 0 amide bonds. The van der Waals surface area contributed by atoms with Crippen molar-refractivity contribution in [3.8, 4) is 0 Å². The van der Waals surface area contributed by atoms with Crippen molar-refractivity contribution in [3.05, 3.63) is 0 Å². The largest absolute Gasteiger partial charge is 0.384 e. The van der Waals surface area contributed by atoms with E-state index in [1.807, 2.05) is 0 Å². The van der Waals surface area contributed by atoms with E-state index in [2.05, 4.69) is 10.2 Å². The lowest BCUT2D eigenvalue weighted by Gasteiger charge is -2.33. The Bertz CT molecular complexity index is 380. The molecule has 2 rings (SSSR count). The lowest BCUT2D eigenvalue weighted by molar-refractivity contribution is 0.118. The number of methoxy groups -OCH3 is 1. The van der Waals surface area contributed by atoms with Crippen molar-refractivity contribution in [1.82, 2.24) is 14.5 Å². The molecular weight excluding hydrogens is 278 g/mol. The Morgan fingerprint density at radius 3 is 2.70 bits per heavy atom. The van der Waals surface area contributed by atoms with Crippen molar-refractivity contribution in [2.75, 3.05) is 65.3 Å². The van der Waals surface area contributed by atoms with Gasteiger partial charge in [-0.15, -0.1) is 0 Å². The van der Waals surface area contributed by atoms with Crippen molar-refractivity contribution in [2.24, 2.45) is 5.92 Å². The molecule has 1 unspecified atom stereocenters. The maximum atomic E-state index is 12.4. The third-order valence-electron chi connectivity index (χ3n) is 4.15. The van der Waals surface area contributed by atoms with Crippen molar-refractivity contribution in [1.29, 1.82) is 0 Å². The predicted molar refractivity (Wildman–Crippen MR) is 79.3 cm³/mol. The first-order valence-electron chi connectivity index (χ1n) is 7.51. The van der Waals surface area contributed by atoms with Gasteiger partial charge in [0.1, 0.15) is 0 Å². The number of sulfonamides is 1. The number of hydrogen-bond acceptors (Lipinski definition) is 5. The topological polar surface area (TPSA) is 61.9 Å². The maximum Gasteiger partial charge on any atom is 0.215 e. The number of rotatable bonds is 6. The van der Waals surface area contributed by atoms with Gasteiger partial charge in [0.25, 0.3) is 0 Å². The number of ether oxygens (including phenoxy) is 1. The Labute approximate surface area is 122 Å². The van der Waals surface area contributed by atoms with Crippen LogP contribution >= 0.6 is 0 Å². The van der Waals surface area contributed by atoms with Gasteiger partial charge in [-0.05, 0) is 18.8 Å². The molecule has 2 aliphatic rings. The summed E-state index contributed by atoms with van der Waals surface area (Å²) in [5.41, 5.74) is 0. The van der Waals surface area contributed by atoms with Crippen LogP contribution in [-0.4, -0.2) is 82.9 Å². The van der Waals surface area contributed by atoms with Gasteiger partial charge in [-0.25, -0.2) is 12.7 Å². The van der Waals surface area contributed by atoms with Gasteiger partial charge >= 0.3 is 0 Å². The van der Waals surface area contributed by atoms with Crippen LogP contribution in [-0.2, 0) is 14.8 Å². The minimum atomic E-state index is -3.12. The number of hydrogen-bond donors (Lipinski definition) is 1. The molecule has 0 aromatic rings. The minimum absolute atomic E-state index is 0.243. The highest BCUT2D eigenvalue weighted by atomic mass is 32.2. The quantitative estimate of drug-likeness (QED) is 0.722. The van der Waals surface area contributed by atoms with Gasteiger partial charge in [-0.2, -0.15) is 0 Å². The van der Waals surface area contributed by atoms with Gasteiger partial charge in [0.2, 0.25) is 10.0 Å². The zero-order valence-corrected chi connectivity index (χ0v) is 13.2. The molecule has 0 spiro atoms. The van der Waals surface area contributed by atoms with E-state index >= 15 is 0 Å². The molecule has 1 atom stereocenters. The number of piperidine rings is 1. The molecule has 0 aromatic heterocycles. The van der Waals surface area contributed by atoms with Crippen molar-refractivity contribution < 1.29 is 13.2 Å². The van der Waals surface area contributed by atoms with E-state index in [4.69, 9.17) is 4.74 Å². The average Bonchev–Trinajstić information content (AvgIpc) is 2.47. The molecular formula is C13H27N3O3S. The third-order valence-corrected chi connectivity index (χ3v) is 5.97. The van der Waals surface area contributed by atoms with E-state index in [9.17, 15) is 8.42 Å². The molecule has 118 valence electrons. The number of nitrogens with one attached hydrogen (secondary N) is 1. The van der Waals surface area contributed by atoms with Gasteiger partial charge in [0.05, 0.1) is 12.4 Å². The Hall–Kier alpha value is -0.210. The zero-order chi connectivity index (χ0) is 14.4. The number of piperazine rings is 1. The third kappa shape index (κ3) is 4.66. The highest BCUT2D eigenvalue weighted by Gasteiger charge is 2.29. The van der Waals surface area contributed by atoms with E-state index in [1.54, 1.807) is 11.4 Å². The molecule has 2 aliphatic heterocycles. The van der Waals surface area contributed by atoms with E-state index in [0.29, 0.717) is 32.2 Å². The van der Waals surface area contributed by atoms with Gasteiger partial charge in [0, 0.05) is 52.9 Å². The molecule has 2 fully saturated rings. The van der Waals surface area contributed by atoms with Gasteiger partial charge < -0.3 is 10.1 Å². The van der Waals surface area contributed by atoms with Crippen molar-refractivity contribution in [2.45, 2.75) is 12.8 Å². The molecule has 2 saturated heterocycles. The summed E-state index contributed by atoms with van der Waals surface area (Å²) in [6.07, 6.45) is 2.01. The first-order chi connectivity index (χ1) is 9.62. The van der Waals surface area contributed by atoms with Gasteiger partial charge in [-0.1, -0.05) is 0 Å². The summed E-state index contributed by atoms with van der Waals surface area (Å²) in [6, 6.07) is 0. The smallest absolute Gasteiger partial charge is 0.215 e. The van der Waals surface area contributed by atoms with Crippen molar-refractivity contribution in [3.63, 3.8) is 0 Å². The lowest BCUT2D eigenvalue weighted by atomic mass is 10.0. The fraction of sp³-hybridized carbons (Fsp3) is 1.00. The van der Waals surface area contributed by atoms with Crippen LogP contribution in [0.25, 0.3) is 0 Å². The second kappa shape index (κ2) is 7.70. The highest BCUT2D eigenvalue weighted by molar-refractivity contribution is 7.89. The van der Waals surface area contributed by atoms with Gasteiger partial charge in [0.15, 0.2) is 0 Å². The summed E-state index contributed by atoms with van der Waals surface area (Å²) in [4.78, 5) is 2.23. The average molecular weight is 305 g/mol. The van der Waals surface area contributed by atoms with Crippen molar-refractivity contribution >= 4 is 10.0 Å². The summed E-state index contributed by atoms with van der Waals surface area (Å²) in [6.45, 7) is 6.41. The molecule has 7 heteroatoms. The van der Waals surface area contributed by atoms with Crippen LogP contribution in [0.15, 0.2) is 0 Å². The Morgan fingerprint density at radius 1 is 1.25 bits per heavy atom. The molecule has 1 N–H and O–H groups in total. The molecule has 0 aromatic carbocycles. The van der Waals surface area contributed by atoms with E-state index in [-0.39, 0.29) is 5.75 Å². The summed E-state index contributed by atoms with van der Waals surface area (Å²) in [5.74, 6) is 0.592. The van der Waals surface area contributed by atoms with Crippen LogP contribution in [0.3, 0.4) is 0 Å². The van der Waals surface area contributed by atoms with Gasteiger partial charge in [-0.3, -0.25) is 4.90 Å². The van der Waals surface area contributed by atoms with Crippen LogP contribution in [0, 0.1) is 5.92 Å². The highest BCUT2D eigenvalue weighted by Crippen LogP contribution is 2.19. The monoisotopic (exact) mass is 305 g/mol. The van der Waals surface area contributed by atoms with Crippen LogP contribution in [0.4, 0.5) is 0 Å². The molecule has 0 bridgehead atoms. The van der Waals surface area contributed by atoms with Crippen LogP contribution < -0.4 is 5.32 Å². The van der Waals surface area contributed by atoms with E-state index < -0.39 is 10.0 Å². The second-order valence-corrected chi connectivity index (χ2v) is 7.82. The molecule has 2 heterocycles.